The second kappa shape index (κ2) is 7.08. The molecule has 1 rings (SSSR count). The molecule has 0 aromatic heterocycles. The Morgan fingerprint density at radius 1 is 1.29 bits per heavy atom. The Labute approximate surface area is 124 Å². The van der Waals surface area contributed by atoms with Crippen LogP contribution in [0, 0.1) is 0 Å². The fourth-order valence-electron chi connectivity index (χ4n) is 1.69. The number of carboxylic acid groups (broad SMARTS) is 1. The van der Waals surface area contributed by atoms with E-state index in [-0.39, 0.29) is 12.6 Å². The number of hydrogen-bond acceptors (Lipinski definition) is 3. The van der Waals surface area contributed by atoms with Crippen molar-refractivity contribution in [3.05, 3.63) is 35.9 Å². The molecule has 0 fully saturated rings. The van der Waals surface area contributed by atoms with Crippen LogP contribution in [0.1, 0.15) is 26.3 Å². The number of nitrogens with one attached hydrogen (secondary N) is 1. The van der Waals surface area contributed by atoms with Crippen LogP contribution < -0.4 is 5.32 Å². The van der Waals surface area contributed by atoms with Crippen LogP contribution in [-0.4, -0.2) is 45.3 Å². The highest BCUT2D eigenvalue weighted by Crippen LogP contribution is 2.09. The molecule has 0 saturated carbocycles. The average Bonchev–Trinajstić information content (AvgIpc) is 2.43. The van der Waals surface area contributed by atoms with Crippen LogP contribution in [0.4, 0.5) is 4.79 Å². The van der Waals surface area contributed by atoms with E-state index < -0.39 is 17.6 Å². The summed E-state index contributed by atoms with van der Waals surface area (Å²) >= 11 is 0. The third-order valence-electron chi connectivity index (χ3n) is 3.12. The standard InChI is InChI=1S/C15H22N2O4/c1-11(2)17(9-12-7-5-4-6-8-12)14(20)16-10-15(3,21)13(18)19/h4-8,11,21H,9-10H2,1-3H3,(H,16,20)(H,18,19). The van der Waals surface area contributed by atoms with E-state index in [1.54, 1.807) is 4.90 Å². The number of aliphatic carboxylic acids is 1. The zero-order valence-electron chi connectivity index (χ0n) is 12.5. The lowest BCUT2D eigenvalue weighted by Gasteiger charge is -2.28. The number of urea groups is 1. The highest BCUT2D eigenvalue weighted by atomic mass is 16.4. The predicted molar refractivity (Wildman–Crippen MR) is 78.8 cm³/mol. The van der Waals surface area contributed by atoms with Gasteiger partial charge in [0, 0.05) is 12.6 Å². The second-order valence-electron chi connectivity index (χ2n) is 5.44. The lowest BCUT2D eigenvalue weighted by atomic mass is 10.1. The molecule has 0 radical (unpaired) electrons. The first-order valence-electron chi connectivity index (χ1n) is 6.78. The van der Waals surface area contributed by atoms with Crippen LogP contribution in [0.5, 0.6) is 0 Å². The number of carbonyl (C=O) groups excluding carboxylic acids is 1. The summed E-state index contributed by atoms with van der Waals surface area (Å²) in [6.07, 6.45) is 0. The molecule has 116 valence electrons. The van der Waals surface area contributed by atoms with Crippen molar-refractivity contribution in [3.63, 3.8) is 0 Å². The minimum absolute atomic E-state index is 0.0556. The van der Waals surface area contributed by atoms with Crippen LogP contribution in [-0.2, 0) is 11.3 Å². The molecule has 0 aliphatic rings. The van der Waals surface area contributed by atoms with Crippen LogP contribution >= 0.6 is 0 Å². The quantitative estimate of drug-likeness (QED) is 0.740. The van der Waals surface area contributed by atoms with Crippen molar-refractivity contribution in [2.75, 3.05) is 6.54 Å². The summed E-state index contributed by atoms with van der Waals surface area (Å²) in [6, 6.07) is 9.04. The van der Waals surface area contributed by atoms with Gasteiger partial charge in [0.05, 0.1) is 6.54 Å². The van der Waals surface area contributed by atoms with Crippen molar-refractivity contribution in [2.45, 2.75) is 39.0 Å². The smallest absolute Gasteiger partial charge is 0.337 e. The van der Waals surface area contributed by atoms with E-state index in [0.29, 0.717) is 6.54 Å². The monoisotopic (exact) mass is 294 g/mol. The Hall–Kier alpha value is -2.08. The molecule has 0 heterocycles. The zero-order valence-corrected chi connectivity index (χ0v) is 12.5. The van der Waals surface area contributed by atoms with Gasteiger partial charge in [-0.15, -0.1) is 0 Å². The van der Waals surface area contributed by atoms with Gasteiger partial charge in [-0.25, -0.2) is 9.59 Å². The molecule has 1 aromatic carbocycles. The molecule has 21 heavy (non-hydrogen) atoms. The zero-order chi connectivity index (χ0) is 16.0. The molecule has 0 spiro atoms. The molecule has 2 amide bonds. The van der Waals surface area contributed by atoms with Gasteiger partial charge in [-0.05, 0) is 26.3 Å². The van der Waals surface area contributed by atoms with E-state index in [4.69, 9.17) is 5.11 Å². The van der Waals surface area contributed by atoms with Crippen molar-refractivity contribution in [1.82, 2.24) is 10.2 Å². The Balaban J connectivity index is 2.69. The molecule has 6 nitrogen and oxygen atoms in total. The summed E-state index contributed by atoms with van der Waals surface area (Å²) in [5, 5.41) is 20.9. The SMILES string of the molecule is CC(C)N(Cc1ccccc1)C(=O)NCC(C)(O)C(=O)O. The molecule has 1 aromatic rings. The molecule has 6 heteroatoms. The maximum absolute atomic E-state index is 12.2. The van der Waals surface area contributed by atoms with Gasteiger partial charge >= 0.3 is 12.0 Å². The minimum Gasteiger partial charge on any atom is -0.479 e. The van der Waals surface area contributed by atoms with Gasteiger partial charge in [0.15, 0.2) is 5.60 Å². The number of nitrogens with zero attached hydrogens (tertiary/aromatic N) is 1. The van der Waals surface area contributed by atoms with Gasteiger partial charge in [0.25, 0.3) is 0 Å². The van der Waals surface area contributed by atoms with Crippen LogP contribution in [0.25, 0.3) is 0 Å². The molecule has 1 unspecified atom stereocenters. The van der Waals surface area contributed by atoms with E-state index >= 15 is 0 Å². The van der Waals surface area contributed by atoms with Gasteiger partial charge in [-0.1, -0.05) is 30.3 Å². The van der Waals surface area contributed by atoms with Crippen molar-refractivity contribution in [2.24, 2.45) is 0 Å². The first kappa shape index (κ1) is 17.0. The van der Waals surface area contributed by atoms with Crippen LogP contribution in [0.2, 0.25) is 0 Å². The predicted octanol–water partition coefficient (Wildman–Crippen LogP) is 1.44. The van der Waals surface area contributed by atoms with Gasteiger partial charge in [-0.3, -0.25) is 0 Å². The molecule has 0 aliphatic heterocycles. The normalized spacial score (nSPS) is 13.6. The highest BCUT2D eigenvalue weighted by Gasteiger charge is 2.31. The Kier molecular flexibility index (Phi) is 5.72. The van der Waals surface area contributed by atoms with E-state index in [1.807, 2.05) is 44.2 Å². The van der Waals surface area contributed by atoms with Crippen LogP contribution in [0.15, 0.2) is 30.3 Å². The van der Waals surface area contributed by atoms with E-state index in [1.165, 1.54) is 0 Å². The fourth-order valence-corrected chi connectivity index (χ4v) is 1.69. The summed E-state index contributed by atoms with van der Waals surface area (Å²) in [5.74, 6) is -1.37. The molecule has 0 bridgehead atoms. The van der Waals surface area contributed by atoms with Crippen molar-refractivity contribution >= 4 is 12.0 Å². The maximum atomic E-state index is 12.2. The lowest BCUT2D eigenvalue weighted by Crippen LogP contribution is -2.51. The number of carbonyl (C=O) groups is 2. The van der Waals surface area contributed by atoms with Crippen molar-refractivity contribution in [1.29, 1.82) is 0 Å². The first-order chi connectivity index (χ1) is 9.74. The van der Waals surface area contributed by atoms with Gasteiger partial charge in [0.2, 0.25) is 0 Å². The summed E-state index contributed by atoms with van der Waals surface area (Å²) in [7, 11) is 0. The summed E-state index contributed by atoms with van der Waals surface area (Å²) in [6.45, 7) is 4.96. The minimum atomic E-state index is -1.98. The number of hydrogen-bond donors (Lipinski definition) is 3. The molecule has 3 N–H and O–H groups in total. The Morgan fingerprint density at radius 2 is 1.86 bits per heavy atom. The van der Waals surface area contributed by atoms with E-state index in [2.05, 4.69) is 5.32 Å². The summed E-state index contributed by atoms with van der Waals surface area (Å²) in [4.78, 5) is 24.6. The third kappa shape index (κ3) is 5.07. The van der Waals surface area contributed by atoms with E-state index in [9.17, 15) is 14.7 Å². The van der Waals surface area contributed by atoms with Crippen molar-refractivity contribution in [3.8, 4) is 0 Å². The third-order valence-corrected chi connectivity index (χ3v) is 3.12. The molecular formula is C15H22N2O4. The topological polar surface area (TPSA) is 89.9 Å². The van der Waals surface area contributed by atoms with Gasteiger partial charge < -0.3 is 20.4 Å². The maximum Gasteiger partial charge on any atom is 0.337 e. The fraction of sp³-hybridized carbons (Fsp3) is 0.467. The summed E-state index contributed by atoms with van der Waals surface area (Å²) < 4.78 is 0. The van der Waals surface area contributed by atoms with Gasteiger partial charge in [0.1, 0.15) is 0 Å². The largest absolute Gasteiger partial charge is 0.479 e. The molecule has 0 saturated heterocycles. The Bertz CT molecular complexity index is 486. The van der Waals surface area contributed by atoms with Crippen molar-refractivity contribution < 1.29 is 19.8 Å². The van der Waals surface area contributed by atoms with E-state index in [0.717, 1.165) is 12.5 Å². The second-order valence-corrected chi connectivity index (χ2v) is 5.44. The molecule has 0 aliphatic carbocycles. The summed E-state index contributed by atoms with van der Waals surface area (Å²) in [5.41, 5.74) is -1.00. The lowest BCUT2D eigenvalue weighted by molar-refractivity contribution is -0.155. The van der Waals surface area contributed by atoms with Crippen LogP contribution in [0.3, 0.4) is 0 Å². The van der Waals surface area contributed by atoms with Gasteiger partial charge in [-0.2, -0.15) is 0 Å². The number of benzene rings is 1. The molecular weight excluding hydrogens is 272 g/mol. The highest BCUT2D eigenvalue weighted by molar-refractivity contribution is 5.79. The number of aliphatic hydroxyl groups is 1. The Morgan fingerprint density at radius 3 is 2.33 bits per heavy atom. The first-order valence-corrected chi connectivity index (χ1v) is 6.78. The number of amides is 2. The average molecular weight is 294 g/mol. The number of rotatable bonds is 6. The molecule has 1 atom stereocenters. The number of carboxylic acids is 1.